The molecule has 5 rings (SSSR count). The molecule has 1 aliphatic heterocycles. The molecule has 1 fully saturated rings. The number of nitrogens with zero attached hydrogens (tertiary/aromatic N) is 5. The fraction of sp³-hybridized carbons (Fsp3) is 0.263. The van der Waals surface area contributed by atoms with Crippen LogP contribution in [-0.4, -0.2) is 63.2 Å². The van der Waals surface area contributed by atoms with Gasteiger partial charge in [-0.2, -0.15) is 5.10 Å². The van der Waals surface area contributed by atoms with E-state index in [-0.39, 0.29) is 5.69 Å². The molecular weight excluding hydrogens is 358 g/mol. The molecule has 2 N–H and O–H groups in total. The predicted molar refractivity (Wildman–Crippen MR) is 108 cm³/mol. The number of aromatic nitrogens is 4. The van der Waals surface area contributed by atoms with Gasteiger partial charge in [-0.05, 0) is 31.3 Å². The SMILES string of the molecule is CN1CCN(c2ccc3nc(-c4n[nH]c5cc([N+](=O)[O-])ccc45)[nH]c3c2)CC1. The summed E-state index contributed by atoms with van der Waals surface area (Å²) in [6.45, 7) is 4.12. The zero-order chi connectivity index (χ0) is 19.3. The minimum Gasteiger partial charge on any atom is -0.369 e. The molecule has 0 unspecified atom stereocenters. The van der Waals surface area contributed by atoms with Crippen molar-refractivity contribution >= 4 is 33.3 Å². The van der Waals surface area contributed by atoms with Crippen molar-refractivity contribution in [1.29, 1.82) is 0 Å². The standard InChI is InChI=1S/C19H19N7O2/c1-24-6-8-25(9-7-24)12-3-5-15-17(10-12)21-19(20-15)18-14-4-2-13(26(27)28)11-16(14)22-23-18/h2-5,10-11H,6-9H2,1H3,(H,20,21)(H,22,23). The number of hydrogen-bond acceptors (Lipinski definition) is 6. The van der Waals surface area contributed by atoms with Crippen molar-refractivity contribution in [2.24, 2.45) is 0 Å². The maximum atomic E-state index is 11.0. The van der Waals surface area contributed by atoms with Crippen LogP contribution in [-0.2, 0) is 0 Å². The number of piperazine rings is 1. The first kappa shape index (κ1) is 16.7. The van der Waals surface area contributed by atoms with Gasteiger partial charge in [-0.15, -0.1) is 0 Å². The smallest absolute Gasteiger partial charge is 0.271 e. The van der Waals surface area contributed by atoms with E-state index < -0.39 is 4.92 Å². The van der Waals surface area contributed by atoms with Gasteiger partial charge < -0.3 is 14.8 Å². The number of H-pyrrole nitrogens is 2. The van der Waals surface area contributed by atoms with E-state index in [1.165, 1.54) is 17.8 Å². The van der Waals surface area contributed by atoms with Crippen molar-refractivity contribution in [3.8, 4) is 11.5 Å². The molecule has 0 atom stereocenters. The van der Waals surface area contributed by atoms with E-state index >= 15 is 0 Å². The summed E-state index contributed by atoms with van der Waals surface area (Å²) in [4.78, 5) is 23.3. The Labute approximate surface area is 160 Å². The van der Waals surface area contributed by atoms with Crippen LogP contribution in [0.4, 0.5) is 11.4 Å². The molecule has 28 heavy (non-hydrogen) atoms. The number of nitrogens with one attached hydrogen (secondary N) is 2. The van der Waals surface area contributed by atoms with E-state index in [9.17, 15) is 10.1 Å². The highest BCUT2D eigenvalue weighted by Gasteiger charge is 2.17. The fourth-order valence-electron chi connectivity index (χ4n) is 3.67. The number of rotatable bonds is 3. The normalized spacial score (nSPS) is 15.5. The topological polar surface area (TPSA) is 107 Å². The number of nitro benzene ring substituents is 1. The predicted octanol–water partition coefficient (Wildman–Crippen LogP) is 2.77. The van der Waals surface area contributed by atoms with Crippen LogP contribution >= 0.6 is 0 Å². The van der Waals surface area contributed by atoms with Crippen molar-refractivity contribution in [3.63, 3.8) is 0 Å². The number of likely N-dealkylation sites (N-methyl/N-ethyl adjacent to an activating group) is 1. The van der Waals surface area contributed by atoms with Crippen LogP contribution in [0.5, 0.6) is 0 Å². The summed E-state index contributed by atoms with van der Waals surface area (Å²) < 4.78 is 0. The van der Waals surface area contributed by atoms with Gasteiger partial charge in [0.15, 0.2) is 5.82 Å². The van der Waals surface area contributed by atoms with Gasteiger partial charge in [0.05, 0.1) is 21.5 Å². The number of nitro groups is 1. The Morgan fingerprint density at radius 3 is 2.68 bits per heavy atom. The van der Waals surface area contributed by atoms with Crippen LogP contribution in [0, 0.1) is 10.1 Å². The van der Waals surface area contributed by atoms with E-state index in [1.807, 2.05) is 6.07 Å². The second kappa shape index (κ2) is 6.31. The van der Waals surface area contributed by atoms with Gasteiger partial charge in [0.25, 0.3) is 5.69 Å². The first-order valence-electron chi connectivity index (χ1n) is 9.14. The third-order valence-electron chi connectivity index (χ3n) is 5.32. The number of hydrogen-bond donors (Lipinski definition) is 2. The minimum atomic E-state index is -0.416. The van der Waals surface area contributed by atoms with Crippen LogP contribution < -0.4 is 4.90 Å². The van der Waals surface area contributed by atoms with Gasteiger partial charge in [-0.1, -0.05) is 0 Å². The van der Waals surface area contributed by atoms with Crippen LogP contribution in [0.2, 0.25) is 0 Å². The van der Waals surface area contributed by atoms with Crippen LogP contribution in [0.25, 0.3) is 33.5 Å². The second-order valence-electron chi connectivity index (χ2n) is 7.14. The first-order chi connectivity index (χ1) is 13.6. The van der Waals surface area contributed by atoms with Crippen molar-refractivity contribution in [2.45, 2.75) is 0 Å². The van der Waals surface area contributed by atoms with Crippen molar-refractivity contribution in [1.82, 2.24) is 25.1 Å². The summed E-state index contributed by atoms with van der Waals surface area (Å²) in [6.07, 6.45) is 0. The van der Waals surface area contributed by atoms with Crippen LogP contribution in [0.1, 0.15) is 0 Å². The van der Waals surface area contributed by atoms with Crippen LogP contribution in [0.3, 0.4) is 0 Å². The van der Waals surface area contributed by atoms with Crippen molar-refractivity contribution < 1.29 is 4.92 Å². The molecule has 4 aromatic rings. The highest BCUT2D eigenvalue weighted by Crippen LogP contribution is 2.29. The zero-order valence-corrected chi connectivity index (χ0v) is 15.3. The van der Waals surface area contributed by atoms with E-state index in [1.54, 1.807) is 6.07 Å². The Hall–Kier alpha value is -3.46. The third kappa shape index (κ3) is 2.76. The average Bonchev–Trinajstić information content (AvgIpc) is 3.31. The quantitative estimate of drug-likeness (QED) is 0.420. The lowest BCUT2D eigenvalue weighted by molar-refractivity contribution is -0.384. The number of benzene rings is 2. The Balaban J connectivity index is 1.51. The third-order valence-corrected chi connectivity index (χ3v) is 5.32. The number of aromatic amines is 2. The van der Waals surface area contributed by atoms with Crippen molar-refractivity contribution in [2.75, 3.05) is 38.1 Å². The van der Waals surface area contributed by atoms with E-state index in [2.05, 4.69) is 49.1 Å². The molecule has 0 spiro atoms. The summed E-state index contributed by atoms with van der Waals surface area (Å²) in [7, 11) is 2.14. The number of fused-ring (bicyclic) bond motifs is 2. The monoisotopic (exact) mass is 377 g/mol. The highest BCUT2D eigenvalue weighted by atomic mass is 16.6. The maximum Gasteiger partial charge on any atom is 0.271 e. The Bertz CT molecular complexity index is 1190. The molecule has 0 saturated carbocycles. The molecule has 142 valence electrons. The van der Waals surface area contributed by atoms with E-state index in [4.69, 9.17) is 0 Å². The van der Waals surface area contributed by atoms with Gasteiger partial charge in [-0.3, -0.25) is 15.2 Å². The average molecular weight is 377 g/mol. The summed E-state index contributed by atoms with van der Waals surface area (Å²) >= 11 is 0. The summed E-state index contributed by atoms with van der Waals surface area (Å²) in [5, 5.41) is 19.0. The van der Waals surface area contributed by atoms with Crippen molar-refractivity contribution in [3.05, 3.63) is 46.5 Å². The Morgan fingerprint density at radius 1 is 1.07 bits per heavy atom. The molecular formula is C19H19N7O2. The molecule has 1 saturated heterocycles. The summed E-state index contributed by atoms with van der Waals surface area (Å²) in [6, 6.07) is 10.9. The number of non-ortho nitro benzene ring substituents is 1. The largest absolute Gasteiger partial charge is 0.369 e. The van der Waals surface area contributed by atoms with Gasteiger partial charge in [0.2, 0.25) is 0 Å². The van der Waals surface area contributed by atoms with Gasteiger partial charge in [0, 0.05) is 49.4 Å². The molecule has 2 aromatic heterocycles. The molecule has 2 aromatic carbocycles. The molecule has 0 aliphatic carbocycles. The number of imidazole rings is 1. The molecule has 0 bridgehead atoms. The fourth-order valence-corrected chi connectivity index (χ4v) is 3.67. The second-order valence-corrected chi connectivity index (χ2v) is 7.14. The van der Waals surface area contributed by atoms with E-state index in [0.717, 1.165) is 42.6 Å². The van der Waals surface area contributed by atoms with Crippen LogP contribution in [0.15, 0.2) is 36.4 Å². The molecule has 0 radical (unpaired) electrons. The maximum absolute atomic E-state index is 11.0. The zero-order valence-electron chi connectivity index (χ0n) is 15.3. The molecule has 9 heteroatoms. The molecule has 0 amide bonds. The summed E-state index contributed by atoms with van der Waals surface area (Å²) in [5.74, 6) is 0.644. The number of anilines is 1. The summed E-state index contributed by atoms with van der Waals surface area (Å²) in [5.41, 5.74) is 4.29. The minimum absolute atomic E-state index is 0.0316. The lowest BCUT2D eigenvalue weighted by Crippen LogP contribution is -2.44. The van der Waals surface area contributed by atoms with Gasteiger partial charge in [0.1, 0.15) is 5.69 Å². The first-order valence-corrected chi connectivity index (χ1v) is 9.14. The lowest BCUT2D eigenvalue weighted by atomic mass is 10.2. The highest BCUT2D eigenvalue weighted by molar-refractivity contribution is 5.94. The lowest BCUT2D eigenvalue weighted by Gasteiger charge is -2.34. The Kier molecular flexibility index (Phi) is 3.76. The molecule has 1 aliphatic rings. The molecule has 9 nitrogen and oxygen atoms in total. The molecule has 3 heterocycles. The van der Waals surface area contributed by atoms with E-state index in [0.29, 0.717) is 17.0 Å². The van der Waals surface area contributed by atoms with Gasteiger partial charge >= 0.3 is 0 Å². The van der Waals surface area contributed by atoms with Gasteiger partial charge in [-0.25, -0.2) is 4.98 Å². The Morgan fingerprint density at radius 2 is 1.89 bits per heavy atom.